The van der Waals surface area contributed by atoms with Crippen LogP contribution in [0.5, 0.6) is 5.75 Å². The van der Waals surface area contributed by atoms with Crippen molar-refractivity contribution < 1.29 is 10.2 Å². The van der Waals surface area contributed by atoms with Crippen molar-refractivity contribution in [3.8, 4) is 5.75 Å². The van der Waals surface area contributed by atoms with Crippen LogP contribution in [0.3, 0.4) is 0 Å². The lowest BCUT2D eigenvalue weighted by Crippen LogP contribution is -2.10. The first-order valence-electron chi connectivity index (χ1n) is 4.68. The number of phenolic OH excluding ortho intramolecular Hbond substituents is 1. The molecule has 78 valence electrons. The number of rotatable bonds is 3. The number of aliphatic hydroxyl groups is 1. The molecule has 1 atom stereocenters. The van der Waals surface area contributed by atoms with Gasteiger partial charge in [0.25, 0.3) is 0 Å². The minimum atomic E-state index is -0.432. The Morgan fingerprint density at radius 1 is 1.36 bits per heavy atom. The summed E-state index contributed by atoms with van der Waals surface area (Å²) in [7, 11) is 3.89. The van der Waals surface area contributed by atoms with E-state index >= 15 is 0 Å². The van der Waals surface area contributed by atoms with Crippen LogP contribution in [-0.2, 0) is 6.42 Å². The summed E-state index contributed by atoms with van der Waals surface area (Å²) in [6.45, 7) is 1.71. The summed E-state index contributed by atoms with van der Waals surface area (Å²) in [6.07, 6.45) is 0.0476. The average Bonchev–Trinajstić information content (AvgIpc) is 2.07. The molecule has 0 aliphatic carbocycles. The molecular weight excluding hydrogens is 178 g/mol. The van der Waals surface area contributed by atoms with Crippen LogP contribution >= 0.6 is 0 Å². The standard InChI is InChI=1S/C11H17NO2/c1-8(13)6-9-7-10(12(2)3)4-5-11(9)14/h4-5,7-8,13-14H,6H2,1-3H3. The number of nitrogens with zero attached hydrogens (tertiary/aromatic N) is 1. The van der Waals surface area contributed by atoms with Crippen molar-refractivity contribution in [1.82, 2.24) is 0 Å². The quantitative estimate of drug-likeness (QED) is 0.765. The lowest BCUT2D eigenvalue weighted by Gasteiger charge is -2.15. The van der Waals surface area contributed by atoms with Gasteiger partial charge in [-0.05, 0) is 30.7 Å². The average molecular weight is 195 g/mol. The van der Waals surface area contributed by atoms with E-state index in [-0.39, 0.29) is 5.75 Å². The highest BCUT2D eigenvalue weighted by molar-refractivity contribution is 5.51. The summed E-state index contributed by atoms with van der Waals surface area (Å²) in [4.78, 5) is 1.96. The smallest absolute Gasteiger partial charge is 0.119 e. The summed E-state index contributed by atoms with van der Waals surface area (Å²) < 4.78 is 0. The summed E-state index contributed by atoms with van der Waals surface area (Å²) in [5, 5.41) is 18.8. The molecule has 0 aliphatic heterocycles. The third-order valence-corrected chi connectivity index (χ3v) is 2.09. The van der Waals surface area contributed by atoms with E-state index in [0.29, 0.717) is 6.42 Å². The Kier molecular flexibility index (Phi) is 3.36. The number of aromatic hydroxyl groups is 1. The second-order valence-corrected chi connectivity index (χ2v) is 3.76. The van der Waals surface area contributed by atoms with Gasteiger partial charge >= 0.3 is 0 Å². The fourth-order valence-electron chi connectivity index (χ4n) is 1.33. The zero-order valence-corrected chi connectivity index (χ0v) is 8.86. The second-order valence-electron chi connectivity index (χ2n) is 3.76. The molecule has 0 radical (unpaired) electrons. The Morgan fingerprint density at radius 3 is 2.50 bits per heavy atom. The van der Waals surface area contributed by atoms with Crippen molar-refractivity contribution in [1.29, 1.82) is 0 Å². The number of aliphatic hydroxyl groups excluding tert-OH is 1. The van der Waals surface area contributed by atoms with E-state index in [4.69, 9.17) is 0 Å². The molecule has 1 rings (SSSR count). The largest absolute Gasteiger partial charge is 0.508 e. The summed E-state index contributed by atoms with van der Waals surface area (Å²) >= 11 is 0. The minimum absolute atomic E-state index is 0.247. The predicted molar refractivity (Wildman–Crippen MR) is 57.8 cm³/mol. The number of hydrogen-bond acceptors (Lipinski definition) is 3. The van der Waals surface area contributed by atoms with Gasteiger partial charge in [-0.1, -0.05) is 0 Å². The molecule has 3 nitrogen and oxygen atoms in total. The Labute approximate surface area is 84.6 Å². The van der Waals surface area contributed by atoms with Gasteiger partial charge in [0, 0.05) is 26.2 Å². The summed E-state index contributed by atoms with van der Waals surface area (Å²) in [5.74, 6) is 0.247. The molecule has 2 N–H and O–H groups in total. The highest BCUT2D eigenvalue weighted by atomic mass is 16.3. The van der Waals surface area contributed by atoms with Gasteiger partial charge in [0.2, 0.25) is 0 Å². The second kappa shape index (κ2) is 4.33. The van der Waals surface area contributed by atoms with Crippen LogP contribution in [0, 0.1) is 0 Å². The zero-order valence-electron chi connectivity index (χ0n) is 8.86. The molecule has 1 aromatic rings. The van der Waals surface area contributed by atoms with Crippen LogP contribution in [0.25, 0.3) is 0 Å². The van der Waals surface area contributed by atoms with Gasteiger partial charge in [0.1, 0.15) is 5.75 Å². The van der Waals surface area contributed by atoms with Crippen molar-refractivity contribution in [3.05, 3.63) is 23.8 Å². The first-order valence-corrected chi connectivity index (χ1v) is 4.68. The number of hydrogen-bond donors (Lipinski definition) is 2. The van der Waals surface area contributed by atoms with Crippen LogP contribution in [-0.4, -0.2) is 30.4 Å². The van der Waals surface area contributed by atoms with E-state index in [1.54, 1.807) is 13.0 Å². The molecule has 0 fully saturated rings. The van der Waals surface area contributed by atoms with Crippen LogP contribution < -0.4 is 4.90 Å². The fraction of sp³-hybridized carbons (Fsp3) is 0.455. The monoisotopic (exact) mass is 195 g/mol. The molecule has 14 heavy (non-hydrogen) atoms. The number of benzene rings is 1. The number of phenols is 1. The van der Waals surface area contributed by atoms with Gasteiger partial charge in [-0.2, -0.15) is 0 Å². The SMILES string of the molecule is CC(O)Cc1cc(N(C)C)ccc1O. The van der Waals surface area contributed by atoms with Crippen LogP contribution in [0.4, 0.5) is 5.69 Å². The highest BCUT2D eigenvalue weighted by Gasteiger charge is 2.06. The molecule has 0 aliphatic rings. The van der Waals surface area contributed by atoms with Crippen molar-refractivity contribution >= 4 is 5.69 Å². The van der Waals surface area contributed by atoms with Gasteiger partial charge < -0.3 is 15.1 Å². The van der Waals surface area contributed by atoms with Gasteiger partial charge in [0.15, 0.2) is 0 Å². The van der Waals surface area contributed by atoms with Crippen molar-refractivity contribution in [3.63, 3.8) is 0 Å². The molecule has 0 bridgehead atoms. The molecule has 0 aromatic heterocycles. The van der Waals surface area contributed by atoms with Gasteiger partial charge in [-0.3, -0.25) is 0 Å². The predicted octanol–water partition coefficient (Wildman–Crippen LogP) is 1.38. The Balaban J connectivity index is 2.96. The topological polar surface area (TPSA) is 43.7 Å². The molecule has 0 spiro atoms. The fourth-order valence-corrected chi connectivity index (χ4v) is 1.33. The molecule has 0 heterocycles. The maximum atomic E-state index is 9.54. The van der Waals surface area contributed by atoms with Crippen LogP contribution in [0.15, 0.2) is 18.2 Å². The van der Waals surface area contributed by atoms with Crippen LogP contribution in [0.2, 0.25) is 0 Å². The maximum absolute atomic E-state index is 9.54. The van der Waals surface area contributed by atoms with Crippen LogP contribution in [0.1, 0.15) is 12.5 Å². The normalized spacial score (nSPS) is 12.6. The van der Waals surface area contributed by atoms with Gasteiger partial charge in [-0.25, -0.2) is 0 Å². The van der Waals surface area contributed by atoms with E-state index in [0.717, 1.165) is 11.3 Å². The number of anilines is 1. The van der Waals surface area contributed by atoms with E-state index in [2.05, 4.69) is 0 Å². The first kappa shape index (κ1) is 10.9. The minimum Gasteiger partial charge on any atom is -0.508 e. The van der Waals surface area contributed by atoms with Gasteiger partial charge in [-0.15, -0.1) is 0 Å². The van der Waals surface area contributed by atoms with Crippen molar-refractivity contribution in [2.24, 2.45) is 0 Å². The Hall–Kier alpha value is -1.22. The molecule has 0 saturated heterocycles. The third-order valence-electron chi connectivity index (χ3n) is 2.09. The summed E-state index contributed by atoms with van der Waals surface area (Å²) in [5.41, 5.74) is 1.81. The van der Waals surface area contributed by atoms with Crippen molar-refractivity contribution in [2.75, 3.05) is 19.0 Å². The molecule has 1 unspecified atom stereocenters. The highest BCUT2D eigenvalue weighted by Crippen LogP contribution is 2.24. The van der Waals surface area contributed by atoms with E-state index < -0.39 is 6.10 Å². The third kappa shape index (κ3) is 2.64. The van der Waals surface area contributed by atoms with Crippen molar-refractivity contribution in [2.45, 2.75) is 19.4 Å². The van der Waals surface area contributed by atoms with E-state index in [1.165, 1.54) is 0 Å². The molecule has 0 saturated carbocycles. The molecule has 3 heteroatoms. The maximum Gasteiger partial charge on any atom is 0.119 e. The summed E-state index contributed by atoms with van der Waals surface area (Å²) in [6, 6.07) is 5.40. The van der Waals surface area contributed by atoms with E-state index in [1.807, 2.05) is 31.1 Å². The molecular formula is C11H17NO2. The lowest BCUT2D eigenvalue weighted by atomic mass is 10.1. The first-order chi connectivity index (χ1) is 6.50. The van der Waals surface area contributed by atoms with Gasteiger partial charge in [0.05, 0.1) is 6.10 Å². The molecule has 0 amide bonds. The Morgan fingerprint density at radius 2 is 2.00 bits per heavy atom. The Bertz CT molecular complexity index is 308. The zero-order chi connectivity index (χ0) is 10.7. The van der Waals surface area contributed by atoms with E-state index in [9.17, 15) is 10.2 Å². The lowest BCUT2D eigenvalue weighted by molar-refractivity contribution is 0.194. The molecule has 1 aromatic carbocycles.